The Morgan fingerprint density at radius 3 is 2.71 bits per heavy atom. The minimum absolute atomic E-state index is 0.259. The number of benzene rings is 1. The van der Waals surface area contributed by atoms with E-state index in [4.69, 9.17) is 21.6 Å². The van der Waals surface area contributed by atoms with Crippen molar-refractivity contribution in [3.05, 3.63) is 28.8 Å². The number of nitriles is 1. The summed E-state index contributed by atoms with van der Waals surface area (Å²) in [5.41, 5.74) is 0.488. The van der Waals surface area contributed by atoms with Gasteiger partial charge in [-0.1, -0.05) is 11.6 Å². The number of halogens is 1. The minimum Gasteiger partial charge on any atom is -0.490 e. The molecule has 0 atom stereocenters. The van der Waals surface area contributed by atoms with Crippen LogP contribution >= 0.6 is 11.6 Å². The van der Waals surface area contributed by atoms with Gasteiger partial charge in [0.2, 0.25) is 0 Å². The maximum absolute atomic E-state index is 8.78. The maximum atomic E-state index is 8.78. The molecule has 0 aliphatic carbocycles. The molecule has 0 unspecified atom stereocenters. The van der Waals surface area contributed by atoms with Crippen LogP contribution in [0.1, 0.15) is 18.4 Å². The van der Waals surface area contributed by atoms with Crippen LogP contribution in [0.3, 0.4) is 0 Å². The zero-order valence-electron chi connectivity index (χ0n) is 9.82. The van der Waals surface area contributed by atoms with Gasteiger partial charge in [-0.3, -0.25) is 0 Å². The van der Waals surface area contributed by atoms with Gasteiger partial charge < -0.3 is 9.64 Å². The normalized spacial score (nSPS) is 17.7. The van der Waals surface area contributed by atoms with Gasteiger partial charge in [-0.15, -0.1) is 0 Å². The molecule has 0 N–H and O–H groups in total. The van der Waals surface area contributed by atoms with Crippen molar-refractivity contribution in [2.24, 2.45) is 0 Å². The summed E-state index contributed by atoms with van der Waals surface area (Å²) in [6.07, 6.45) is 2.33. The van der Waals surface area contributed by atoms with Crippen LogP contribution in [0.4, 0.5) is 0 Å². The van der Waals surface area contributed by atoms with Crippen LogP contribution in [-0.4, -0.2) is 31.1 Å². The van der Waals surface area contributed by atoms with E-state index in [1.54, 1.807) is 12.1 Å². The van der Waals surface area contributed by atoms with Gasteiger partial charge in [0, 0.05) is 19.2 Å². The molecule has 0 saturated carbocycles. The zero-order valence-corrected chi connectivity index (χ0v) is 10.6. The number of ether oxygens (including phenoxy) is 1. The molecule has 1 saturated heterocycles. The van der Waals surface area contributed by atoms with Crippen molar-refractivity contribution in [3.63, 3.8) is 0 Å². The molecule has 90 valence electrons. The summed E-state index contributed by atoms with van der Waals surface area (Å²) in [6, 6.07) is 7.27. The monoisotopic (exact) mass is 250 g/mol. The van der Waals surface area contributed by atoms with Gasteiger partial charge in [0.05, 0.1) is 10.6 Å². The summed E-state index contributed by atoms with van der Waals surface area (Å²) < 4.78 is 5.86. The fraction of sp³-hybridized carbons (Fsp3) is 0.462. The second-order valence-corrected chi connectivity index (χ2v) is 4.78. The predicted octanol–water partition coefficient (Wildman–Crippen LogP) is 2.68. The molecule has 1 fully saturated rings. The summed E-state index contributed by atoms with van der Waals surface area (Å²) >= 11 is 5.96. The van der Waals surface area contributed by atoms with Crippen molar-refractivity contribution < 1.29 is 4.74 Å². The standard InChI is InChI=1S/C13H15ClN2O/c1-16-6-4-11(5-7-16)17-12-3-2-10(9-15)13(14)8-12/h2-3,8,11H,4-7H2,1H3. The molecule has 2 rings (SSSR count). The van der Waals surface area contributed by atoms with Crippen molar-refractivity contribution in [3.8, 4) is 11.8 Å². The zero-order chi connectivity index (χ0) is 12.3. The van der Waals surface area contributed by atoms with Crippen LogP contribution < -0.4 is 4.74 Å². The average Bonchev–Trinajstić information content (AvgIpc) is 2.32. The van der Waals surface area contributed by atoms with Crippen LogP contribution in [0.15, 0.2) is 18.2 Å². The molecule has 1 aromatic rings. The van der Waals surface area contributed by atoms with Gasteiger partial charge in [-0.25, -0.2) is 0 Å². The summed E-state index contributed by atoms with van der Waals surface area (Å²) in [4.78, 5) is 2.30. The SMILES string of the molecule is CN1CCC(Oc2ccc(C#N)c(Cl)c2)CC1. The first kappa shape index (κ1) is 12.2. The van der Waals surface area contributed by atoms with Gasteiger partial charge in [0.1, 0.15) is 17.9 Å². The maximum Gasteiger partial charge on any atom is 0.121 e. The van der Waals surface area contributed by atoms with Crippen LogP contribution in [0, 0.1) is 11.3 Å². The van der Waals surface area contributed by atoms with Gasteiger partial charge in [0.15, 0.2) is 0 Å². The number of hydrogen-bond donors (Lipinski definition) is 0. The number of rotatable bonds is 2. The van der Waals surface area contributed by atoms with E-state index in [1.807, 2.05) is 12.1 Å². The molecule has 0 spiro atoms. The van der Waals surface area contributed by atoms with E-state index in [2.05, 4.69) is 11.9 Å². The molecular weight excluding hydrogens is 236 g/mol. The Morgan fingerprint density at radius 2 is 2.12 bits per heavy atom. The molecule has 0 amide bonds. The minimum atomic E-state index is 0.259. The van der Waals surface area contributed by atoms with Gasteiger partial charge >= 0.3 is 0 Å². The number of likely N-dealkylation sites (tertiary alicyclic amines) is 1. The fourth-order valence-electron chi connectivity index (χ4n) is 1.96. The predicted molar refractivity (Wildman–Crippen MR) is 67.3 cm³/mol. The summed E-state index contributed by atoms with van der Waals surface area (Å²) in [5, 5.41) is 9.24. The number of piperidine rings is 1. The van der Waals surface area contributed by atoms with Crippen molar-refractivity contribution in [2.75, 3.05) is 20.1 Å². The van der Waals surface area contributed by atoms with Crippen LogP contribution in [-0.2, 0) is 0 Å². The lowest BCUT2D eigenvalue weighted by Crippen LogP contribution is -2.35. The van der Waals surface area contributed by atoms with E-state index < -0.39 is 0 Å². The molecule has 17 heavy (non-hydrogen) atoms. The third kappa shape index (κ3) is 3.12. The van der Waals surface area contributed by atoms with Gasteiger partial charge in [0.25, 0.3) is 0 Å². The highest BCUT2D eigenvalue weighted by molar-refractivity contribution is 6.31. The van der Waals surface area contributed by atoms with Crippen LogP contribution in [0.5, 0.6) is 5.75 Å². The number of nitrogens with zero attached hydrogens (tertiary/aromatic N) is 2. The van der Waals surface area contributed by atoms with Crippen molar-refractivity contribution in [1.82, 2.24) is 4.90 Å². The van der Waals surface area contributed by atoms with Gasteiger partial charge in [-0.2, -0.15) is 5.26 Å². The lowest BCUT2D eigenvalue weighted by molar-refractivity contribution is 0.114. The molecule has 3 nitrogen and oxygen atoms in total. The molecule has 0 radical (unpaired) electrons. The van der Waals surface area contributed by atoms with E-state index in [0.29, 0.717) is 10.6 Å². The number of hydrogen-bond acceptors (Lipinski definition) is 3. The quantitative estimate of drug-likeness (QED) is 0.810. The third-order valence-electron chi connectivity index (χ3n) is 3.03. The lowest BCUT2D eigenvalue weighted by atomic mass is 10.1. The summed E-state index contributed by atoms with van der Waals surface area (Å²) in [5.74, 6) is 0.753. The third-order valence-corrected chi connectivity index (χ3v) is 3.34. The molecule has 1 aliphatic heterocycles. The Balaban J connectivity index is 2.00. The van der Waals surface area contributed by atoms with E-state index in [0.717, 1.165) is 31.7 Å². The van der Waals surface area contributed by atoms with Crippen molar-refractivity contribution in [2.45, 2.75) is 18.9 Å². The Kier molecular flexibility index (Phi) is 3.88. The summed E-state index contributed by atoms with van der Waals surface area (Å²) in [6.45, 7) is 2.13. The van der Waals surface area contributed by atoms with Crippen LogP contribution in [0.2, 0.25) is 5.02 Å². The highest BCUT2D eigenvalue weighted by atomic mass is 35.5. The first-order chi connectivity index (χ1) is 8.19. The molecule has 0 bridgehead atoms. The topological polar surface area (TPSA) is 36.3 Å². The largest absolute Gasteiger partial charge is 0.490 e. The second kappa shape index (κ2) is 5.39. The van der Waals surface area contributed by atoms with E-state index in [9.17, 15) is 0 Å². The van der Waals surface area contributed by atoms with Crippen molar-refractivity contribution in [1.29, 1.82) is 5.26 Å². The molecule has 1 aliphatic rings. The Hall–Kier alpha value is -1.24. The van der Waals surface area contributed by atoms with E-state index in [-0.39, 0.29) is 6.10 Å². The van der Waals surface area contributed by atoms with Crippen molar-refractivity contribution >= 4 is 11.6 Å². The molecule has 4 heteroatoms. The lowest BCUT2D eigenvalue weighted by Gasteiger charge is -2.29. The summed E-state index contributed by atoms with van der Waals surface area (Å²) in [7, 11) is 2.12. The Labute approximate surface area is 107 Å². The Bertz CT molecular complexity index is 434. The van der Waals surface area contributed by atoms with Gasteiger partial charge in [-0.05, 0) is 32.0 Å². The molecule has 1 aromatic carbocycles. The first-order valence-electron chi connectivity index (χ1n) is 5.74. The highest BCUT2D eigenvalue weighted by Gasteiger charge is 2.18. The second-order valence-electron chi connectivity index (χ2n) is 4.37. The highest BCUT2D eigenvalue weighted by Crippen LogP contribution is 2.24. The molecule has 1 heterocycles. The smallest absolute Gasteiger partial charge is 0.121 e. The Morgan fingerprint density at radius 1 is 1.41 bits per heavy atom. The van der Waals surface area contributed by atoms with Crippen LogP contribution in [0.25, 0.3) is 0 Å². The first-order valence-corrected chi connectivity index (χ1v) is 6.11. The average molecular weight is 251 g/mol. The molecular formula is C13H15ClN2O. The van der Waals surface area contributed by atoms with E-state index in [1.165, 1.54) is 0 Å². The fourth-order valence-corrected chi connectivity index (χ4v) is 2.17. The van der Waals surface area contributed by atoms with E-state index >= 15 is 0 Å². The molecule has 0 aromatic heterocycles.